The van der Waals surface area contributed by atoms with Crippen molar-refractivity contribution in [1.82, 2.24) is 0 Å². The minimum Gasteiger partial charge on any atom is -0.481 e. The largest absolute Gasteiger partial charge is 0.481 e. The third kappa shape index (κ3) is 5.66. The fraction of sp³-hybridized carbons (Fsp3) is 0.667. The summed E-state index contributed by atoms with van der Waals surface area (Å²) in [4.78, 5) is 20.4. The number of aliphatic carboxylic acids is 1. The molecule has 0 aromatic rings. The monoisotopic (exact) mass is 180 g/mol. The summed E-state index contributed by atoms with van der Waals surface area (Å²) in [5.74, 6) is -1.54. The Morgan fingerprint density at radius 3 is 2.45 bits per heavy atom. The van der Waals surface area contributed by atoms with Crippen LogP contribution in [0.4, 0.5) is 0 Å². The molecule has 4 nitrogen and oxygen atoms in total. The molecule has 0 saturated carbocycles. The lowest BCUT2D eigenvalue weighted by molar-refractivity contribution is -0.149. The van der Waals surface area contributed by atoms with E-state index in [1.165, 1.54) is 6.92 Å². The number of alkyl halides is 1. The van der Waals surface area contributed by atoms with Gasteiger partial charge in [-0.2, -0.15) is 0 Å². The Balaban J connectivity index is 3.76. The van der Waals surface area contributed by atoms with Gasteiger partial charge in [-0.1, -0.05) is 0 Å². The van der Waals surface area contributed by atoms with E-state index in [1.54, 1.807) is 0 Å². The molecule has 0 aliphatic carbocycles. The summed E-state index contributed by atoms with van der Waals surface area (Å²) in [6.07, 6.45) is -0.963. The highest BCUT2D eigenvalue weighted by Gasteiger charge is 2.14. The standard InChI is InChI=1S/C6H9ClO4/c1-4(8)11-5(3-7)2-6(9)10/h5H,2-3H2,1H3,(H,9,10)/t5-/m0/s1. The van der Waals surface area contributed by atoms with Crippen LogP contribution in [0.15, 0.2) is 0 Å². The van der Waals surface area contributed by atoms with Crippen LogP contribution in [0.1, 0.15) is 13.3 Å². The summed E-state index contributed by atoms with van der Waals surface area (Å²) in [6, 6.07) is 0. The first-order valence-corrected chi connectivity index (χ1v) is 3.54. The van der Waals surface area contributed by atoms with E-state index >= 15 is 0 Å². The first kappa shape index (κ1) is 10.2. The van der Waals surface area contributed by atoms with Gasteiger partial charge in [0.05, 0.1) is 12.3 Å². The zero-order valence-electron chi connectivity index (χ0n) is 6.04. The number of hydrogen-bond acceptors (Lipinski definition) is 3. The summed E-state index contributed by atoms with van der Waals surface area (Å²) in [7, 11) is 0. The predicted molar refractivity (Wildman–Crippen MR) is 38.5 cm³/mol. The molecule has 0 aliphatic rings. The molecule has 0 aliphatic heterocycles. The van der Waals surface area contributed by atoms with Crippen molar-refractivity contribution in [3.05, 3.63) is 0 Å². The number of hydrogen-bond donors (Lipinski definition) is 1. The Morgan fingerprint density at radius 2 is 2.18 bits per heavy atom. The van der Waals surface area contributed by atoms with Gasteiger partial charge < -0.3 is 9.84 Å². The van der Waals surface area contributed by atoms with Gasteiger partial charge in [-0.25, -0.2) is 0 Å². The highest BCUT2D eigenvalue weighted by atomic mass is 35.5. The average Bonchev–Trinajstić information content (AvgIpc) is 1.84. The van der Waals surface area contributed by atoms with E-state index in [2.05, 4.69) is 4.74 Å². The van der Waals surface area contributed by atoms with Crippen molar-refractivity contribution >= 4 is 23.5 Å². The molecule has 0 rings (SSSR count). The second-order valence-electron chi connectivity index (χ2n) is 1.98. The van der Waals surface area contributed by atoms with Crippen LogP contribution in [0.5, 0.6) is 0 Å². The molecule has 0 spiro atoms. The number of carbonyl (C=O) groups excluding carboxylic acids is 1. The van der Waals surface area contributed by atoms with Crippen molar-refractivity contribution in [1.29, 1.82) is 0 Å². The van der Waals surface area contributed by atoms with E-state index in [-0.39, 0.29) is 12.3 Å². The summed E-state index contributed by atoms with van der Waals surface area (Å²) >= 11 is 5.32. The zero-order valence-corrected chi connectivity index (χ0v) is 6.80. The van der Waals surface area contributed by atoms with Crippen LogP contribution in [0.2, 0.25) is 0 Å². The van der Waals surface area contributed by atoms with E-state index < -0.39 is 18.0 Å². The maximum atomic E-state index is 10.3. The van der Waals surface area contributed by atoms with Gasteiger partial charge in [-0.05, 0) is 0 Å². The molecule has 0 amide bonds. The Labute approximate surface area is 69.1 Å². The molecule has 0 heterocycles. The van der Waals surface area contributed by atoms with Crippen LogP contribution in [0, 0.1) is 0 Å². The zero-order chi connectivity index (χ0) is 8.85. The van der Waals surface area contributed by atoms with Crippen molar-refractivity contribution < 1.29 is 19.4 Å². The number of carbonyl (C=O) groups is 2. The smallest absolute Gasteiger partial charge is 0.307 e. The van der Waals surface area contributed by atoms with Crippen molar-refractivity contribution in [2.24, 2.45) is 0 Å². The second-order valence-corrected chi connectivity index (χ2v) is 2.29. The molecule has 1 atom stereocenters. The lowest BCUT2D eigenvalue weighted by atomic mass is 10.3. The number of rotatable bonds is 4. The SMILES string of the molecule is CC(=O)O[C@H](CCl)CC(=O)O. The molecule has 0 bridgehead atoms. The van der Waals surface area contributed by atoms with Crippen molar-refractivity contribution in [2.45, 2.75) is 19.4 Å². The minimum absolute atomic E-state index is 0.00583. The van der Waals surface area contributed by atoms with Gasteiger partial charge in [0.2, 0.25) is 0 Å². The molecule has 0 aromatic carbocycles. The normalized spacial score (nSPS) is 12.2. The van der Waals surface area contributed by atoms with E-state index in [1.807, 2.05) is 0 Å². The van der Waals surface area contributed by atoms with Crippen molar-refractivity contribution in [3.63, 3.8) is 0 Å². The Hall–Kier alpha value is -0.770. The third-order valence-corrected chi connectivity index (χ3v) is 1.25. The molecule has 5 heteroatoms. The van der Waals surface area contributed by atoms with Gasteiger partial charge in [0, 0.05) is 6.92 Å². The van der Waals surface area contributed by atoms with Gasteiger partial charge in [-0.3, -0.25) is 9.59 Å². The topological polar surface area (TPSA) is 63.6 Å². The summed E-state index contributed by atoms with van der Waals surface area (Å²) in [5.41, 5.74) is 0. The fourth-order valence-corrected chi connectivity index (χ4v) is 0.729. The van der Waals surface area contributed by atoms with Gasteiger partial charge >= 0.3 is 11.9 Å². The van der Waals surface area contributed by atoms with Gasteiger partial charge in [0.25, 0.3) is 0 Å². The molecule has 1 N–H and O–H groups in total. The molecule has 64 valence electrons. The van der Waals surface area contributed by atoms with Crippen molar-refractivity contribution in [3.8, 4) is 0 Å². The minimum atomic E-state index is -1.03. The molecular weight excluding hydrogens is 172 g/mol. The highest BCUT2D eigenvalue weighted by Crippen LogP contribution is 2.01. The lowest BCUT2D eigenvalue weighted by Gasteiger charge is -2.10. The van der Waals surface area contributed by atoms with E-state index in [0.717, 1.165) is 0 Å². The van der Waals surface area contributed by atoms with Crippen LogP contribution in [-0.2, 0) is 14.3 Å². The van der Waals surface area contributed by atoms with E-state index in [0.29, 0.717) is 0 Å². The fourth-order valence-electron chi connectivity index (χ4n) is 0.557. The first-order valence-electron chi connectivity index (χ1n) is 3.01. The van der Waals surface area contributed by atoms with E-state index in [4.69, 9.17) is 16.7 Å². The number of halogens is 1. The maximum Gasteiger partial charge on any atom is 0.307 e. The number of esters is 1. The summed E-state index contributed by atoms with van der Waals surface area (Å²) < 4.78 is 4.56. The molecule has 0 radical (unpaired) electrons. The van der Waals surface area contributed by atoms with Crippen molar-refractivity contribution in [2.75, 3.05) is 5.88 Å². The molecule has 0 saturated heterocycles. The first-order chi connectivity index (χ1) is 5.06. The van der Waals surface area contributed by atoms with Gasteiger partial charge in [-0.15, -0.1) is 11.6 Å². The predicted octanol–water partition coefficient (Wildman–Crippen LogP) is 0.632. The maximum absolute atomic E-state index is 10.3. The molecular formula is C6H9ClO4. The van der Waals surface area contributed by atoms with Crippen LogP contribution >= 0.6 is 11.6 Å². The van der Waals surface area contributed by atoms with E-state index in [9.17, 15) is 9.59 Å². The molecule has 0 unspecified atom stereocenters. The number of carboxylic acids is 1. The molecule has 0 aromatic heterocycles. The number of ether oxygens (including phenoxy) is 1. The van der Waals surface area contributed by atoms with Gasteiger partial charge in [0.1, 0.15) is 6.10 Å². The Kier molecular flexibility index (Phi) is 4.61. The van der Waals surface area contributed by atoms with Crippen LogP contribution in [0.25, 0.3) is 0 Å². The lowest BCUT2D eigenvalue weighted by Crippen LogP contribution is -2.21. The van der Waals surface area contributed by atoms with Crippen LogP contribution < -0.4 is 0 Å². The molecule has 11 heavy (non-hydrogen) atoms. The Bertz CT molecular complexity index is 141. The van der Waals surface area contributed by atoms with Crippen LogP contribution in [-0.4, -0.2) is 29.0 Å². The summed E-state index contributed by atoms with van der Waals surface area (Å²) in [5, 5.41) is 8.28. The Morgan fingerprint density at radius 1 is 1.64 bits per heavy atom. The summed E-state index contributed by atoms with van der Waals surface area (Å²) in [6.45, 7) is 1.21. The van der Waals surface area contributed by atoms with Crippen LogP contribution in [0.3, 0.4) is 0 Å². The quantitative estimate of drug-likeness (QED) is 0.509. The van der Waals surface area contributed by atoms with Gasteiger partial charge in [0.15, 0.2) is 0 Å². The molecule has 0 fully saturated rings. The second kappa shape index (κ2) is 4.96. The average molecular weight is 181 g/mol. The number of carboxylic acid groups (broad SMARTS) is 1. The third-order valence-electron chi connectivity index (χ3n) is 0.907. The highest BCUT2D eigenvalue weighted by molar-refractivity contribution is 6.18.